The second kappa shape index (κ2) is 12.7. The summed E-state index contributed by atoms with van der Waals surface area (Å²) in [7, 11) is 0. The first kappa shape index (κ1) is 32.8. The topological polar surface area (TPSA) is 150 Å². The van der Waals surface area contributed by atoms with Crippen LogP contribution >= 0.6 is 0 Å². The molecule has 11 atom stereocenters. The molecule has 1 saturated carbocycles. The molecule has 3 fully saturated rings. The third-order valence-electron chi connectivity index (χ3n) is 10.5. The monoisotopic (exact) mass is 618 g/mol. The summed E-state index contributed by atoms with van der Waals surface area (Å²) in [6.07, 6.45) is 4.81. The molecule has 0 amide bonds. The van der Waals surface area contributed by atoms with E-state index < -0.39 is 70.9 Å². The quantitative estimate of drug-likeness (QED) is 0.207. The Morgan fingerprint density at radius 2 is 1.95 bits per heavy atom. The summed E-state index contributed by atoms with van der Waals surface area (Å²) in [5.41, 5.74) is -1.86. The van der Waals surface area contributed by atoms with Gasteiger partial charge in [0.15, 0.2) is 6.10 Å². The Morgan fingerprint density at radius 3 is 2.64 bits per heavy atom. The second-order valence-electron chi connectivity index (χ2n) is 13.2. The minimum Gasteiger partial charge on any atom is -0.463 e. The van der Waals surface area contributed by atoms with Crippen molar-refractivity contribution in [1.82, 2.24) is 0 Å². The van der Waals surface area contributed by atoms with Gasteiger partial charge in [-0.3, -0.25) is 4.79 Å². The lowest BCUT2D eigenvalue weighted by Crippen LogP contribution is -2.68. The van der Waals surface area contributed by atoms with Crippen LogP contribution in [0.3, 0.4) is 0 Å². The van der Waals surface area contributed by atoms with E-state index in [2.05, 4.69) is 0 Å². The molecule has 11 nitrogen and oxygen atoms in total. The molecule has 3 heterocycles. The van der Waals surface area contributed by atoms with Crippen molar-refractivity contribution in [3.8, 4) is 0 Å². The number of aliphatic hydroxyl groups excluding tert-OH is 2. The van der Waals surface area contributed by atoms with Crippen molar-refractivity contribution >= 4 is 17.9 Å². The van der Waals surface area contributed by atoms with E-state index in [4.69, 9.17) is 28.4 Å². The van der Waals surface area contributed by atoms with Gasteiger partial charge in [0, 0.05) is 31.9 Å². The van der Waals surface area contributed by atoms with Gasteiger partial charge in [-0.25, -0.2) is 9.59 Å². The number of ether oxygens (including phenoxy) is 6. The van der Waals surface area contributed by atoms with E-state index in [0.29, 0.717) is 25.9 Å². The molecule has 44 heavy (non-hydrogen) atoms. The lowest BCUT2D eigenvalue weighted by atomic mass is 9.51. The van der Waals surface area contributed by atoms with Crippen molar-refractivity contribution in [3.63, 3.8) is 0 Å². The number of carbonyl (C=O) groups is 3. The van der Waals surface area contributed by atoms with Gasteiger partial charge >= 0.3 is 17.9 Å². The van der Waals surface area contributed by atoms with Crippen LogP contribution in [0.25, 0.3) is 0 Å². The zero-order chi connectivity index (χ0) is 31.9. The first-order chi connectivity index (χ1) is 20.9. The summed E-state index contributed by atoms with van der Waals surface area (Å²) < 4.78 is 36.6. The Labute approximate surface area is 258 Å². The summed E-state index contributed by atoms with van der Waals surface area (Å²) in [6.45, 7) is 9.49. The van der Waals surface area contributed by atoms with Crippen LogP contribution in [0.1, 0.15) is 66.7 Å². The highest BCUT2D eigenvalue weighted by Gasteiger charge is 2.83. The van der Waals surface area contributed by atoms with Crippen LogP contribution in [0.15, 0.2) is 36.0 Å². The molecule has 2 spiro atoms. The summed E-state index contributed by atoms with van der Waals surface area (Å²) in [5.74, 6) is -2.19. The summed E-state index contributed by atoms with van der Waals surface area (Å²) in [4.78, 5) is 39.2. The van der Waals surface area contributed by atoms with Gasteiger partial charge in [-0.1, -0.05) is 45.1 Å². The Hall–Kier alpha value is -2.57. The van der Waals surface area contributed by atoms with Crippen LogP contribution < -0.4 is 0 Å². The molecule has 3 aliphatic heterocycles. The highest BCUT2D eigenvalue weighted by Crippen LogP contribution is 2.72. The lowest BCUT2D eigenvalue weighted by Gasteiger charge is -2.59. The maximum Gasteiger partial charge on any atom is 0.335 e. The molecule has 5 aliphatic rings. The fourth-order valence-corrected chi connectivity index (χ4v) is 7.59. The van der Waals surface area contributed by atoms with E-state index in [1.807, 2.05) is 26.8 Å². The normalized spacial score (nSPS) is 44.6. The average Bonchev–Trinajstić information content (AvgIpc) is 3.75. The molecular weight excluding hydrogens is 572 g/mol. The molecule has 2 aliphatic carbocycles. The first-order valence-corrected chi connectivity index (χ1v) is 15.8. The number of allylic oxidation sites excluding steroid dienone is 2. The summed E-state index contributed by atoms with van der Waals surface area (Å²) in [5, 5.41) is 21.1. The molecule has 0 aromatic carbocycles. The third-order valence-corrected chi connectivity index (χ3v) is 10.5. The van der Waals surface area contributed by atoms with E-state index in [1.165, 1.54) is 12.2 Å². The molecule has 2 bridgehead atoms. The number of esters is 3. The van der Waals surface area contributed by atoms with Crippen LogP contribution in [-0.4, -0.2) is 96.3 Å². The number of hydrogen-bond donors (Lipinski definition) is 2. The van der Waals surface area contributed by atoms with Crippen molar-refractivity contribution in [1.29, 1.82) is 0 Å². The fraction of sp³-hybridized carbons (Fsp3) is 0.727. The molecule has 5 rings (SSSR count). The van der Waals surface area contributed by atoms with Crippen molar-refractivity contribution < 1.29 is 53.0 Å². The predicted molar refractivity (Wildman–Crippen MR) is 156 cm³/mol. The Bertz CT molecular complexity index is 1200. The summed E-state index contributed by atoms with van der Waals surface area (Å²) >= 11 is 0. The predicted octanol–water partition coefficient (Wildman–Crippen LogP) is 2.72. The van der Waals surface area contributed by atoms with E-state index >= 15 is 0 Å². The van der Waals surface area contributed by atoms with Crippen LogP contribution in [0.5, 0.6) is 0 Å². The van der Waals surface area contributed by atoms with Crippen molar-refractivity contribution in [2.24, 2.45) is 16.7 Å². The van der Waals surface area contributed by atoms with Crippen LogP contribution in [0.4, 0.5) is 0 Å². The Balaban J connectivity index is 1.54. The van der Waals surface area contributed by atoms with Gasteiger partial charge in [-0.15, -0.1) is 0 Å². The first-order valence-electron chi connectivity index (χ1n) is 15.8. The van der Waals surface area contributed by atoms with E-state index in [-0.39, 0.29) is 38.1 Å². The maximum atomic E-state index is 13.3. The summed E-state index contributed by atoms with van der Waals surface area (Å²) in [6, 6.07) is 0. The van der Waals surface area contributed by atoms with Crippen LogP contribution in [-0.2, 0) is 42.8 Å². The fourth-order valence-electron chi connectivity index (χ4n) is 7.59. The number of carbonyl (C=O) groups excluding carboxylic acids is 3. The Morgan fingerprint density at radius 1 is 1.20 bits per heavy atom. The number of rotatable bonds is 4. The van der Waals surface area contributed by atoms with Crippen molar-refractivity contribution in [2.45, 2.75) is 115 Å². The third kappa shape index (κ3) is 5.66. The second-order valence-corrected chi connectivity index (χ2v) is 13.2. The molecule has 0 aromatic rings. The van der Waals surface area contributed by atoms with Gasteiger partial charge in [0.2, 0.25) is 0 Å². The number of epoxide rings is 1. The van der Waals surface area contributed by atoms with Gasteiger partial charge in [0.25, 0.3) is 0 Å². The minimum absolute atomic E-state index is 0.173. The number of hydrogen-bond acceptors (Lipinski definition) is 11. The number of cyclic esters (lactones) is 1. The van der Waals surface area contributed by atoms with Crippen LogP contribution in [0, 0.1) is 16.7 Å². The van der Waals surface area contributed by atoms with Crippen molar-refractivity contribution in [3.05, 3.63) is 36.0 Å². The largest absolute Gasteiger partial charge is 0.463 e. The molecule has 0 radical (unpaired) electrons. The Kier molecular flexibility index (Phi) is 9.45. The van der Waals surface area contributed by atoms with E-state index in [1.54, 1.807) is 26.0 Å². The lowest BCUT2D eigenvalue weighted by molar-refractivity contribution is -0.242. The zero-order valence-electron chi connectivity index (χ0n) is 26.2. The zero-order valence-corrected chi connectivity index (χ0v) is 26.2. The van der Waals surface area contributed by atoms with Gasteiger partial charge in [-0.05, 0) is 38.2 Å². The standard InChI is InChI=1S/C33H46O11/c1-6-9-27(35)42-23-16-32-17-40-30(38)29(37)19(2)12-13-39-22(21(4)34)10-7-8-11-28(36)44-24-15-26(43-25(32)14-20(23)3)33(18-41-33)31(24,32)5/h7-8,10-11,14,19,21-26,29,34,37H,6,9,12-13,15-18H2,1-5H3/b10-7-,11-8-/t19-,21-,22-,23+,24-,25-,26-,29+,31-,32-,33-/m1/s1. The van der Waals surface area contributed by atoms with Gasteiger partial charge in [0.05, 0.1) is 35.7 Å². The SMILES string of the molecule is CCCC(=O)O[C@H]1C[C@@]23COC(=O)[C@@H](O)[C@H](C)CCO[C@@H]([C@@H](C)O)/C=C\C=C/C(=O)O[C@@H]4C[C@@H](O[C@@H]2C=C1C)[C@]1(CO1)[C@]43C. The molecule has 2 saturated heterocycles. The van der Waals surface area contributed by atoms with Gasteiger partial charge in [0.1, 0.15) is 30.5 Å². The smallest absolute Gasteiger partial charge is 0.335 e. The maximum absolute atomic E-state index is 13.3. The average molecular weight is 619 g/mol. The van der Waals surface area contributed by atoms with Crippen molar-refractivity contribution in [2.75, 3.05) is 19.8 Å². The highest BCUT2D eigenvalue weighted by atomic mass is 16.6. The molecule has 2 N–H and O–H groups in total. The molecule has 0 aromatic heterocycles. The minimum atomic E-state index is -1.43. The highest BCUT2D eigenvalue weighted by molar-refractivity contribution is 5.82. The molecule has 244 valence electrons. The molecule has 11 heteroatoms. The molecular formula is C33H46O11. The van der Waals surface area contributed by atoms with Gasteiger partial charge in [-0.2, -0.15) is 0 Å². The van der Waals surface area contributed by atoms with E-state index in [0.717, 1.165) is 5.57 Å². The van der Waals surface area contributed by atoms with E-state index in [9.17, 15) is 24.6 Å². The van der Waals surface area contributed by atoms with Gasteiger partial charge < -0.3 is 38.6 Å². The van der Waals surface area contributed by atoms with Crippen LogP contribution in [0.2, 0.25) is 0 Å². The molecule has 0 unspecified atom stereocenters. The number of aliphatic hydroxyl groups is 2.